The summed E-state index contributed by atoms with van der Waals surface area (Å²) in [6.07, 6.45) is 5.85. The van der Waals surface area contributed by atoms with Crippen molar-refractivity contribution in [1.29, 1.82) is 0 Å². The standard InChI is InChI=1S/C14H17BN4O2/c1-20-15(21-2)11-5-7-16-13(9-11)18-12-6-8-17-14(19-12)10-3-4-10/h5-10H,3-4H2,1-2H3,(H,16,17,18,19). The smallest absolute Gasteiger partial charge is 0.410 e. The average Bonchev–Trinajstić information content (AvgIpc) is 3.34. The van der Waals surface area contributed by atoms with Gasteiger partial charge < -0.3 is 14.6 Å². The second kappa shape index (κ2) is 6.20. The second-order valence-corrected chi connectivity index (χ2v) is 4.98. The minimum atomic E-state index is -0.402. The van der Waals surface area contributed by atoms with Gasteiger partial charge in [-0.3, -0.25) is 0 Å². The van der Waals surface area contributed by atoms with E-state index in [0.29, 0.717) is 11.7 Å². The Kier molecular flexibility index (Phi) is 4.12. The van der Waals surface area contributed by atoms with Crippen molar-refractivity contribution in [2.45, 2.75) is 18.8 Å². The molecule has 0 atom stereocenters. The Hall–Kier alpha value is -1.99. The van der Waals surface area contributed by atoms with Gasteiger partial charge >= 0.3 is 7.12 Å². The Balaban J connectivity index is 1.78. The normalized spacial score (nSPS) is 14.0. The summed E-state index contributed by atoms with van der Waals surface area (Å²) in [6, 6.07) is 5.58. The van der Waals surface area contributed by atoms with Gasteiger partial charge in [-0.15, -0.1) is 0 Å². The predicted molar refractivity (Wildman–Crippen MR) is 80.9 cm³/mol. The fourth-order valence-corrected chi connectivity index (χ4v) is 2.14. The first kappa shape index (κ1) is 14.0. The van der Waals surface area contributed by atoms with Crippen molar-refractivity contribution in [3.05, 3.63) is 36.4 Å². The maximum Gasteiger partial charge on any atom is 0.493 e. The SMILES string of the molecule is COB(OC)c1ccnc(Nc2ccnc(C3CC3)n2)c1. The molecule has 1 fully saturated rings. The highest BCUT2D eigenvalue weighted by molar-refractivity contribution is 6.61. The zero-order chi connectivity index (χ0) is 14.7. The molecule has 0 aromatic carbocycles. The summed E-state index contributed by atoms with van der Waals surface area (Å²) in [5.74, 6) is 2.88. The fourth-order valence-electron chi connectivity index (χ4n) is 2.14. The molecule has 0 aliphatic heterocycles. The maximum absolute atomic E-state index is 5.25. The Morgan fingerprint density at radius 3 is 2.57 bits per heavy atom. The average molecular weight is 284 g/mol. The summed E-state index contributed by atoms with van der Waals surface area (Å²) in [4.78, 5) is 13.1. The van der Waals surface area contributed by atoms with Crippen LogP contribution in [0.4, 0.5) is 11.6 Å². The van der Waals surface area contributed by atoms with Gasteiger partial charge in [0.25, 0.3) is 0 Å². The van der Waals surface area contributed by atoms with Crippen molar-refractivity contribution in [3.63, 3.8) is 0 Å². The lowest BCUT2D eigenvalue weighted by atomic mass is 9.79. The Morgan fingerprint density at radius 2 is 1.86 bits per heavy atom. The molecule has 7 heteroatoms. The first-order chi connectivity index (χ1) is 10.3. The minimum absolute atomic E-state index is 0.402. The van der Waals surface area contributed by atoms with Crippen LogP contribution in [0.5, 0.6) is 0 Å². The summed E-state index contributed by atoms with van der Waals surface area (Å²) in [7, 11) is 2.81. The van der Waals surface area contributed by atoms with E-state index >= 15 is 0 Å². The number of aromatic nitrogens is 3. The Bertz CT molecular complexity index is 617. The molecule has 1 aliphatic carbocycles. The molecule has 0 amide bonds. The van der Waals surface area contributed by atoms with Gasteiger partial charge in [0.2, 0.25) is 0 Å². The molecular formula is C14H17BN4O2. The Labute approximate surface area is 124 Å². The molecule has 0 saturated heterocycles. The van der Waals surface area contributed by atoms with Gasteiger partial charge in [-0.05, 0) is 36.5 Å². The number of nitrogens with one attached hydrogen (secondary N) is 1. The molecule has 2 aromatic rings. The molecule has 0 spiro atoms. The van der Waals surface area contributed by atoms with Crippen LogP contribution in [0, 0.1) is 0 Å². The molecule has 1 N–H and O–H groups in total. The van der Waals surface area contributed by atoms with E-state index in [0.717, 1.165) is 17.1 Å². The molecule has 2 heterocycles. The number of nitrogens with zero attached hydrogens (tertiary/aromatic N) is 3. The third kappa shape index (κ3) is 3.37. The van der Waals surface area contributed by atoms with Gasteiger partial charge in [0, 0.05) is 32.5 Å². The second-order valence-electron chi connectivity index (χ2n) is 4.98. The molecule has 6 nitrogen and oxygen atoms in total. The molecule has 0 radical (unpaired) electrons. The number of pyridine rings is 1. The number of hydrogen-bond acceptors (Lipinski definition) is 6. The third-order valence-corrected chi connectivity index (χ3v) is 3.36. The number of hydrogen-bond donors (Lipinski definition) is 1. The minimum Gasteiger partial charge on any atom is -0.410 e. The highest BCUT2D eigenvalue weighted by atomic mass is 16.6. The van der Waals surface area contributed by atoms with Gasteiger partial charge in [0.1, 0.15) is 17.5 Å². The molecule has 3 rings (SSSR count). The van der Waals surface area contributed by atoms with E-state index in [-0.39, 0.29) is 0 Å². The molecule has 108 valence electrons. The van der Waals surface area contributed by atoms with E-state index in [2.05, 4.69) is 20.3 Å². The third-order valence-electron chi connectivity index (χ3n) is 3.36. The summed E-state index contributed by atoms with van der Waals surface area (Å²) >= 11 is 0. The van der Waals surface area contributed by atoms with Gasteiger partial charge in [0.05, 0.1) is 0 Å². The first-order valence-electron chi connectivity index (χ1n) is 6.91. The van der Waals surface area contributed by atoms with E-state index in [9.17, 15) is 0 Å². The van der Waals surface area contributed by atoms with Crippen LogP contribution in [0.2, 0.25) is 0 Å². The van der Waals surface area contributed by atoms with Crippen LogP contribution in [0.25, 0.3) is 0 Å². The van der Waals surface area contributed by atoms with E-state index in [1.807, 2.05) is 18.2 Å². The zero-order valence-electron chi connectivity index (χ0n) is 12.1. The molecular weight excluding hydrogens is 267 g/mol. The summed E-state index contributed by atoms with van der Waals surface area (Å²) in [5, 5.41) is 3.20. The van der Waals surface area contributed by atoms with Crippen molar-refractivity contribution >= 4 is 24.2 Å². The van der Waals surface area contributed by atoms with E-state index in [1.165, 1.54) is 12.8 Å². The van der Waals surface area contributed by atoms with Gasteiger partial charge in [-0.2, -0.15) is 0 Å². The van der Waals surface area contributed by atoms with Crippen molar-refractivity contribution < 1.29 is 9.31 Å². The quantitative estimate of drug-likeness (QED) is 0.810. The summed E-state index contributed by atoms with van der Waals surface area (Å²) < 4.78 is 10.5. The van der Waals surface area contributed by atoms with Gasteiger partial charge in [0.15, 0.2) is 0 Å². The van der Waals surface area contributed by atoms with Crippen molar-refractivity contribution in [2.24, 2.45) is 0 Å². The Morgan fingerprint density at radius 1 is 1.10 bits per heavy atom. The lowest BCUT2D eigenvalue weighted by molar-refractivity contribution is 0.292. The highest BCUT2D eigenvalue weighted by Gasteiger charge is 2.26. The van der Waals surface area contributed by atoms with Crippen LogP contribution in [-0.2, 0) is 9.31 Å². The summed E-state index contributed by atoms with van der Waals surface area (Å²) in [5.41, 5.74) is 0.897. The predicted octanol–water partition coefficient (Wildman–Crippen LogP) is 1.48. The topological polar surface area (TPSA) is 69.2 Å². The zero-order valence-corrected chi connectivity index (χ0v) is 12.1. The molecule has 0 bridgehead atoms. The van der Waals surface area contributed by atoms with Crippen molar-refractivity contribution in [3.8, 4) is 0 Å². The maximum atomic E-state index is 5.25. The van der Waals surface area contributed by atoms with Crippen LogP contribution < -0.4 is 10.8 Å². The first-order valence-corrected chi connectivity index (χ1v) is 6.91. The van der Waals surface area contributed by atoms with Crippen LogP contribution >= 0.6 is 0 Å². The highest BCUT2D eigenvalue weighted by Crippen LogP contribution is 2.38. The monoisotopic (exact) mass is 284 g/mol. The van der Waals surface area contributed by atoms with Crippen LogP contribution in [0.15, 0.2) is 30.6 Å². The van der Waals surface area contributed by atoms with Crippen molar-refractivity contribution in [1.82, 2.24) is 15.0 Å². The largest absolute Gasteiger partial charge is 0.493 e. The molecule has 1 saturated carbocycles. The van der Waals surface area contributed by atoms with E-state index in [4.69, 9.17) is 9.31 Å². The van der Waals surface area contributed by atoms with Crippen molar-refractivity contribution in [2.75, 3.05) is 19.5 Å². The summed E-state index contributed by atoms with van der Waals surface area (Å²) in [6.45, 7) is 0. The molecule has 21 heavy (non-hydrogen) atoms. The number of anilines is 2. The lowest BCUT2D eigenvalue weighted by Crippen LogP contribution is -2.34. The number of rotatable bonds is 6. The van der Waals surface area contributed by atoms with Crippen LogP contribution in [0.3, 0.4) is 0 Å². The van der Waals surface area contributed by atoms with Gasteiger partial charge in [-0.25, -0.2) is 15.0 Å². The van der Waals surface area contributed by atoms with E-state index in [1.54, 1.807) is 26.6 Å². The van der Waals surface area contributed by atoms with E-state index < -0.39 is 7.12 Å². The molecule has 1 aliphatic rings. The van der Waals surface area contributed by atoms with Crippen LogP contribution in [0.1, 0.15) is 24.6 Å². The van der Waals surface area contributed by atoms with Crippen LogP contribution in [-0.4, -0.2) is 36.3 Å². The molecule has 2 aromatic heterocycles. The molecule has 0 unspecified atom stereocenters. The van der Waals surface area contributed by atoms with Gasteiger partial charge in [-0.1, -0.05) is 0 Å². The lowest BCUT2D eigenvalue weighted by Gasteiger charge is -2.10. The fraction of sp³-hybridized carbons (Fsp3) is 0.357.